The zero-order chi connectivity index (χ0) is 26.6. The fourth-order valence-corrected chi connectivity index (χ4v) is 4.55. The average molecular weight is 591 g/mol. The molecule has 1 heterocycles. The van der Waals surface area contributed by atoms with Crippen molar-refractivity contribution in [1.29, 1.82) is 0 Å². The highest BCUT2D eigenvalue weighted by atomic mass is 79.9. The first-order chi connectivity index (χ1) is 17.9. The second kappa shape index (κ2) is 14.7. The van der Waals surface area contributed by atoms with Gasteiger partial charge in [0.25, 0.3) is 5.91 Å². The Morgan fingerprint density at radius 3 is 2.70 bits per heavy atom. The Hall–Kier alpha value is -2.98. The van der Waals surface area contributed by atoms with Gasteiger partial charge in [-0.25, -0.2) is 0 Å². The van der Waals surface area contributed by atoms with E-state index in [4.69, 9.17) is 21.7 Å². The standard InChI is InChI=1S/C27H32BrN3O5S/c1-2-3-7-15-36-24(32)18-22-26(34)29-13-14-31(22)27(37)30-25(33)21-17-20(28)10-11-23(21)35-16-12-19-8-5-4-6-9-19/h4-6,8-11,17,22H,2-3,7,12-16,18H2,1H3,(H,29,34)(H,30,33,37). The number of piperazine rings is 1. The van der Waals surface area contributed by atoms with E-state index in [1.54, 1.807) is 23.1 Å². The van der Waals surface area contributed by atoms with Gasteiger partial charge in [-0.2, -0.15) is 0 Å². The van der Waals surface area contributed by atoms with E-state index in [0.29, 0.717) is 48.5 Å². The maximum Gasteiger partial charge on any atom is 0.308 e. The second-order valence-corrected chi connectivity index (χ2v) is 9.92. The molecule has 198 valence electrons. The maximum absolute atomic E-state index is 13.2. The van der Waals surface area contributed by atoms with Crippen molar-refractivity contribution in [2.24, 2.45) is 0 Å². The molecule has 2 amide bonds. The first-order valence-electron chi connectivity index (χ1n) is 12.4. The van der Waals surface area contributed by atoms with Gasteiger partial charge in [-0.15, -0.1) is 0 Å². The first-order valence-corrected chi connectivity index (χ1v) is 13.6. The van der Waals surface area contributed by atoms with E-state index in [1.165, 1.54) is 0 Å². The molecule has 1 aliphatic heterocycles. The van der Waals surface area contributed by atoms with Gasteiger partial charge in [0.05, 0.1) is 25.2 Å². The monoisotopic (exact) mass is 589 g/mol. The van der Waals surface area contributed by atoms with Crippen LogP contribution in [0.1, 0.15) is 48.5 Å². The molecule has 2 N–H and O–H groups in total. The Bertz CT molecular complexity index is 1100. The Labute approximate surface area is 231 Å². The van der Waals surface area contributed by atoms with Crippen molar-refractivity contribution in [3.05, 3.63) is 64.1 Å². The lowest BCUT2D eigenvalue weighted by Gasteiger charge is -2.36. The van der Waals surface area contributed by atoms with Crippen molar-refractivity contribution in [3.63, 3.8) is 0 Å². The molecule has 1 fully saturated rings. The van der Waals surface area contributed by atoms with Gasteiger partial charge in [0, 0.05) is 24.0 Å². The summed E-state index contributed by atoms with van der Waals surface area (Å²) in [6, 6.07) is 14.2. The van der Waals surface area contributed by atoms with Gasteiger partial charge < -0.3 is 19.7 Å². The SMILES string of the molecule is CCCCCOC(=O)CC1C(=O)NCCN1C(=S)NC(=O)c1cc(Br)ccc1OCCc1ccccc1. The normalized spacial score (nSPS) is 15.0. The van der Waals surface area contributed by atoms with E-state index < -0.39 is 17.9 Å². The van der Waals surface area contributed by atoms with Crippen LogP contribution in [0.5, 0.6) is 5.75 Å². The highest BCUT2D eigenvalue weighted by Gasteiger charge is 2.34. The number of amides is 2. The number of hydrogen-bond acceptors (Lipinski definition) is 6. The molecule has 0 aliphatic carbocycles. The predicted molar refractivity (Wildman–Crippen MR) is 148 cm³/mol. The van der Waals surface area contributed by atoms with Crippen LogP contribution >= 0.6 is 28.1 Å². The number of rotatable bonds is 11. The average Bonchev–Trinajstić information content (AvgIpc) is 2.89. The zero-order valence-electron chi connectivity index (χ0n) is 20.8. The first kappa shape index (κ1) is 28.6. The molecule has 0 radical (unpaired) electrons. The molecule has 0 bridgehead atoms. The topological polar surface area (TPSA) is 97.0 Å². The summed E-state index contributed by atoms with van der Waals surface area (Å²) in [4.78, 5) is 39.6. The van der Waals surface area contributed by atoms with Crippen molar-refractivity contribution >= 4 is 51.0 Å². The summed E-state index contributed by atoms with van der Waals surface area (Å²) in [5.41, 5.74) is 1.43. The fourth-order valence-electron chi connectivity index (χ4n) is 3.88. The highest BCUT2D eigenvalue weighted by Crippen LogP contribution is 2.24. The van der Waals surface area contributed by atoms with E-state index in [9.17, 15) is 14.4 Å². The minimum atomic E-state index is -0.857. The van der Waals surface area contributed by atoms with E-state index in [-0.39, 0.29) is 17.4 Å². The molecule has 2 aromatic rings. The third kappa shape index (κ3) is 8.82. The van der Waals surface area contributed by atoms with Gasteiger partial charge in [0.1, 0.15) is 11.8 Å². The molecule has 10 heteroatoms. The third-order valence-electron chi connectivity index (χ3n) is 5.86. The largest absolute Gasteiger partial charge is 0.492 e. The molecule has 1 unspecified atom stereocenters. The van der Waals surface area contributed by atoms with Crippen molar-refractivity contribution in [3.8, 4) is 5.75 Å². The summed E-state index contributed by atoms with van der Waals surface area (Å²) < 4.78 is 11.9. The van der Waals surface area contributed by atoms with Crippen LogP contribution in [-0.2, 0) is 20.7 Å². The van der Waals surface area contributed by atoms with Crippen molar-refractivity contribution in [1.82, 2.24) is 15.5 Å². The van der Waals surface area contributed by atoms with E-state index >= 15 is 0 Å². The van der Waals surface area contributed by atoms with E-state index in [1.807, 2.05) is 30.3 Å². The molecule has 3 rings (SSSR count). The molecule has 0 spiro atoms. The smallest absolute Gasteiger partial charge is 0.308 e. The molecule has 37 heavy (non-hydrogen) atoms. The number of ether oxygens (including phenoxy) is 2. The molecule has 1 aliphatic rings. The number of thiocarbonyl (C=S) groups is 1. The number of carbonyl (C=O) groups excluding carboxylic acids is 3. The van der Waals surface area contributed by atoms with Gasteiger partial charge in [-0.05, 0) is 42.4 Å². The Balaban J connectivity index is 1.63. The maximum atomic E-state index is 13.2. The summed E-state index contributed by atoms with van der Waals surface area (Å²) in [5, 5.41) is 5.53. The quantitative estimate of drug-likeness (QED) is 0.232. The zero-order valence-corrected chi connectivity index (χ0v) is 23.2. The molecule has 0 saturated carbocycles. The molecule has 0 aromatic heterocycles. The van der Waals surface area contributed by atoms with Gasteiger partial charge in [0.15, 0.2) is 5.11 Å². The predicted octanol–water partition coefficient (Wildman–Crippen LogP) is 4.01. The lowest BCUT2D eigenvalue weighted by molar-refractivity contribution is -0.147. The van der Waals surface area contributed by atoms with Gasteiger partial charge in [0.2, 0.25) is 5.91 Å². The lowest BCUT2D eigenvalue weighted by Crippen LogP contribution is -2.60. The number of esters is 1. The number of benzene rings is 2. The van der Waals surface area contributed by atoms with Crippen LogP contribution in [0.3, 0.4) is 0 Å². The minimum Gasteiger partial charge on any atom is -0.492 e. The summed E-state index contributed by atoms with van der Waals surface area (Å²) in [6.45, 7) is 3.48. The summed E-state index contributed by atoms with van der Waals surface area (Å²) in [6.07, 6.45) is 3.29. The van der Waals surface area contributed by atoms with Crippen LogP contribution < -0.4 is 15.4 Å². The Kier molecular flexibility index (Phi) is 11.3. The van der Waals surface area contributed by atoms with Crippen molar-refractivity contribution in [2.75, 3.05) is 26.3 Å². The van der Waals surface area contributed by atoms with Crippen LogP contribution in [0.25, 0.3) is 0 Å². The Morgan fingerprint density at radius 2 is 1.95 bits per heavy atom. The number of unbranched alkanes of at least 4 members (excludes halogenated alkanes) is 2. The van der Waals surface area contributed by atoms with Gasteiger partial charge in [-0.1, -0.05) is 66.0 Å². The number of nitrogens with one attached hydrogen (secondary N) is 2. The van der Waals surface area contributed by atoms with Gasteiger partial charge in [-0.3, -0.25) is 19.7 Å². The third-order valence-corrected chi connectivity index (χ3v) is 6.69. The number of carbonyl (C=O) groups is 3. The second-order valence-electron chi connectivity index (χ2n) is 8.62. The molecule has 1 saturated heterocycles. The Morgan fingerprint density at radius 1 is 1.16 bits per heavy atom. The summed E-state index contributed by atoms with van der Waals surface area (Å²) in [5.74, 6) is -0.852. The van der Waals surface area contributed by atoms with E-state index in [0.717, 1.165) is 24.8 Å². The lowest BCUT2D eigenvalue weighted by atomic mass is 10.1. The molecular weight excluding hydrogens is 558 g/mol. The highest BCUT2D eigenvalue weighted by molar-refractivity contribution is 9.10. The van der Waals surface area contributed by atoms with Crippen LogP contribution in [0.4, 0.5) is 0 Å². The summed E-state index contributed by atoms with van der Waals surface area (Å²) >= 11 is 8.90. The summed E-state index contributed by atoms with van der Waals surface area (Å²) in [7, 11) is 0. The molecule has 1 atom stereocenters. The van der Waals surface area contributed by atoms with E-state index in [2.05, 4.69) is 33.5 Å². The van der Waals surface area contributed by atoms with Crippen LogP contribution in [0.15, 0.2) is 53.0 Å². The number of nitrogens with zero attached hydrogens (tertiary/aromatic N) is 1. The van der Waals surface area contributed by atoms with Crippen LogP contribution in [0.2, 0.25) is 0 Å². The van der Waals surface area contributed by atoms with Crippen molar-refractivity contribution < 1.29 is 23.9 Å². The van der Waals surface area contributed by atoms with Gasteiger partial charge >= 0.3 is 5.97 Å². The molecule has 8 nitrogen and oxygen atoms in total. The van der Waals surface area contributed by atoms with Crippen LogP contribution in [-0.4, -0.2) is 60.1 Å². The number of hydrogen-bond donors (Lipinski definition) is 2. The van der Waals surface area contributed by atoms with Crippen molar-refractivity contribution in [2.45, 2.75) is 45.1 Å². The van der Waals surface area contributed by atoms with Crippen LogP contribution in [0, 0.1) is 0 Å². The molecular formula is C27H32BrN3O5S. The number of halogens is 1. The molecule has 2 aromatic carbocycles. The fraction of sp³-hybridized carbons (Fsp3) is 0.407. The minimum absolute atomic E-state index is 0.0684.